The fraction of sp³-hybridized carbons (Fsp3) is 0.633. The van der Waals surface area contributed by atoms with Gasteiger partial charge in [-0.25, -0.2) is 0 Å². The number of fused-ring (bicyclic) bond motifs is 1. The fourth-order valence-electron chi connectivity index (χ4n) is 5.55. The molecule has 0 radical (unpaired) electrons. The van der Waals surface area contributed by atoms with Crippen molar-refractivity contribution in [1.29, 1.82) is 0 Å². The second-order valence-corrected chi connectivity index (χ2v) is 11.0. The Hall–Kier alpha value is -3.27. The summed E-state index contributed by atoms with van der Waals surface area (Å²) in [6.45, 7) is 5.47. The van der Waals surface area contributed by atoms with E-state index < -0.39 is 41.6 Å². The summed E-state index contributed by atoms with van der Waals surface area (Å²) < 4.78 is 0. The van der Waals surface area contributed by atoms with E-state index in [1.165, 1.54) is 6.92 Å². The second-order valence-electron chi connectivity index (χ2n) is 11.0. The predicted octanol–water partition coefficient (Wildman–Crippen LogP) is 1.78. The average Bonchev–Trinajstić information content (AvgIpc) is 3.44. The maximum Gasteiger partial charge on any atom is 0.246 e. The predicted molar refractivity (Wildman–Crippen MR) is 150 cm³/mol. The summed E-state index contributed by atoms with van der Waals surface area (Å²) >= 11 is 0. The Balaban J connectivity index is 1.85. The fourth-order valence-corrected chi connectivity index (χ4v) is 5.55. The van der Waals surface area contributed by atoms with E-state index in [0.29, 0.717) is 57.9 Å². The second kappa shape index (κ2) is 14.4. The number of carbonyl (C=O) groups excluding carboxylic acids is 5. The van der Waals surface area contributed by atoms with Crippen LogP contribution < -0.4 is 16.0 Å². The van der Waals surface area contributed by atoms with Crippen molar-refractivity contribution in [3.05, 3.63) is 35.9 Å². The van der Waals surface area contributed by atoms with Crippen LogP contribution in [0.25, 0.3) is 0 Å². The molecule has 1 aromatic carbocycles. The lowest BCUT2D eigenvalue weighted by molar-refractivity contribution is -0.145. The zero-order valence-electron chi connectivity index (χ0n) is 23.9. The lowest BCUT2D eigenvalue weighted by Gasteiger charge is -2.37. The molecule has 220 valence electrons. The van der Waals surface area contributed by atoms with Gasteiger partial charge in [-0.3, -0.25) is 24.0 Å². The molecule has 0 aromatic heterocycles. The minimum absolute atomic E-state index is 0.227. The summed E-state index contributed by atoms with van der Waals surface area (Å²) in [5.41, 5.74) is -0.367. The number of Topliss-reactive ketones (excluding diaryl/α,β-unsaturated/α-hetero) is 1. The molecule has 4 atom stereocenters. The van der Waals surface area contributed by atoms with Crippen molar-refractivity contribution >= 4 is 29.4 Å². The normalized spacial score (nSPS) is 24.2. The molecule has 4 N–H and O–H groups in total. The highest BCUT2D eigenvalue weighted by Crippen LogP contribution is 2.23. The maximum atomic E-state index is 13.8. The van der Waals surface area contributed by atoms with E-state index in [9.17, 15) is 29.1 Å². The van der Waals surface area contributed by atoms with Gasteiger partial charge in [-0.15, -0.1) is 0 Å². The van der Waals surface area contributed by atoms with Gasteiger partial charge in [-0.05, 0) is 51.0 Å². The summed E-state index contributed by atoms with van der Waals surface area (Å²) in [7, 11) is 0. The van der Waals surface area contributed by atoms with Crippen molar-refractivity contribution in [3.8, 4) is 0 Å². The lowest BCUT2D eigenvalue weighted by atomic mass is 9.89. The Bertz CT molecular complexity index is 1060. The summed E-state index contributed by atoms with van der Waals surface area (Å²) in [6, 6.07) is 6.93. The molecule has 4 amide bonds. The van der Waals surface area contributed by atoms with Crippen LogP contribution in [-0.4, -0.2) is 75.7 Å². The molecule has 0 spiro atoms. The first kappa shape index (κ1) is 31.3. The van der Waals surface area contributed by atoms with E-state index in [0.717, 1.165) is 5.56 Å². The van der Waals surface area contributed by atoms with Crippen molar-refractivity contribution in [2.75, 3.05) is 6.54 Å². The van der Waals surface area contributed by atoms with Gasteiger partial charge in [0.25, 0.3) is 0 Å². The van der Waals surface area contributed by atoms with E-state index in [1.807, 2.05) is 44.2 Å². The SMILES string of the molecule is CCC1(CC)NC(=O)[C@H](CCCCCC(=O)[C@@H](C)O)NC(=O)C2CCCN2C(=O)[C@H](Cc2ccccc2)NC1=O. The minimum atomic E-state index is -1.25. The Labute approximate surface area is 236 Å². The van der Waals surface area contributed by atoms with Gasteiger partial charge in [-0.1, -0.05) is 57.0 Å². The molecule has 2 aliphatic heterocycles. The highest BCUT2D eigenvalue weighted by Gasteiger charge is 2.44. The van der Waals surface area contributed by atoms with Crippen molar-refractivity contribution in [3.63, 3.8) is 0 Å². The third-order valence-electron chi connectivity index (χ3n) is 8.24. The van der Waals surface area contributed by atoms with Crippen LogP contribution in [0, 0.1) is 0 Å². The van der Waals surface area contributed by atoms with Gasteiger partial charge in [0.1, 0.15) is 29.8 Å². The molecule has 3 rings (SSSR count). The molecule has 2 heterocycles. The molecule has 10 nitrogen and oxygen atoms in total. The highest BCUT2D eigenvalue weighted by atomic mass is 16.3. The zero-order chi connectivity index (χ0) is 29.3. The van der Waals surface area contributed by atoms with Crippen LogP contribution in [-0.2, 0) is 30.4 Å². The molecule has 2 aliphatic rings. The first-order valence-corrected chi connectivity index (χ1v) is 14.6. The lowest BCUT2D eigenvalue weighted by Crippen LogP contribution is -2.66. The number of rotatable bonds is 11. The van der Waals surface area contributed by atoms with E-state index >= 15 is 0 Å². The van der Waals surface area contributed by atoms with Gasteiger partial charge in [0.2, 0.25) is 23.6 Å². The van der Waals surface area contributed by atoms with Crippen molar-refractivity contribution in [2.24, 2.45) is 0 Å². The van der Waals surface area contributed by atoms with Gasteiger partial charge in [-0.2, -0.15) is 0 Å². The minimum Gasteiger partial charge on any atom is -0.386 e. The summed E-state index contributed by atoms with van der Waals surface area (Å²) in [5, 5.41) is 18.1. The molecule has 0 bridgehead atoms. The van der Waals surface area contributed by atoms with Gasteiger partial charge in [0, 0.05) is 19.4 Å². The number of aliphatic hydroxyl groups is 1. The number of hydrogen-bond donors (Lipinski definition) is 4. The Morgan fingerprint density at radius 2 is 1.70 bits per heavy atom. The molecule has 1 unspecified atom stereocenters. The summed E-state index contributed by atoms with van der Waals surface area (Å²) in [6.07, 6.45) is 3.36. The largest absolute Gasteiger partial charge is 0.386 e. The molecular formula is C30H44N4O6. The maximum absolute atomic E-state index is 13.8. The number of amides is 4. The third-order valence-corrected chi connectivity index (χ3v) is 8.24. The van der Waals surface area contributed by atoms with E-state index in [1.54, 1.807) is 4.90 Å². The van der Waals surface area contributed by atoms with E-state index in [-0.39, 0.29) is 30.4 Å². The molecule has 1 aromatic rings. The Morgan fingerprint density at radius 1 is 1.00 bits per heavy atom. The number of carbonyl (C=O) groups is 5. The van der Waals surface area contributed by atoms with Crippen LogP contribution in [0.1, 0.15) is 84.1 Å². The summed E-state index contributed by atoms with van der Waals surface area (Å²) in [5.74, 6) is -1.77. The van der Waals surface area contributed by atoms with Crippen LogP contribution in [0.5, 0.6) is 0 Å². The number of ketones is 1. The number of hydrogen-bond acceptors (Lipinski definition) is 6. The van der Waals surface area contributed by atoms with Crippen LogP contribution >= 0.6 is 0 Å². The quantitative estimate of drug-likeness (QED) is 0.306. The molecule has 0 aliphatic carbocycles. The molecule has 2 saturated heterocycles. The van der Waals surface area contributed by atoms with Crippen molar-refractivity contribution in [2.45, 2.75) is 115 Å². The first-order valence-electron chi connectivity index (χ1n) is 14.6. The van der Waals surface area contributed by atoms with Crippen LogP contribution in [0.3, 0.4) is 0 Å². The smallest absolute Gasteiger partial charge is 0.246 e. The number of aliphatic hydroxyl groups excluding tert-OH is 1. The van der Waals surface area contributed by atoms with Gasteiger partial charge in [0.15, 0.2) is 5.78 Å². The Kier molecular flexibility index (Phi) is 11.2. The zero-order valence-corrected chi connectivity index (χ0v) is 23.9. The first-order chi connectivity index (χ1) is 19.1. The van der Waals surface area contributed by atoms with Crippen molar-refractivity contribution < 1.29 is 29.1 Å². The average molecular weight is 557 g/mol. The number of unbranched alkanes of at least 4 members (excludes halogenated alkanes) is 2. The number of nitrogens with one attached hydrogen (secondary N) is 3. The third kappa shape index (κ3) is 7.68. The molecule has 2 fully saturated rings. The van der Waals surface area contributed by atoms with Gasteiger partial charge >= 0.3 is 0 Å². The monoisotopic (exact) mass is 556 g/mol. The number of benzene rings is 1. The standard InChI is InChI=1S/C30H44N4O6/c1-4-30(5-2)29(40)32-23(19-21-13-8-6-9-14-21)28(39)34-18-12-16-24(34)27(38)31-22(26(37)33-30)15-10-7-11-17-25(36)20(3)35/h6,8-9,13-14,20,22-24,35H,4-5,7,10-12,15-19H2,1-3H3,(H,31,38)(H,32,40)(H,33,37)/t20-,22+,23+,24?/m1/s1. The topological polar surface area (TPSA) is 145 Å². The molecule has 0 saturated carbocycles. The van der Waals surface area contributed by atoms with Crippen LogP contribution in [0.4, 0.5) is 0 Å². The highest BCUT2D eigenvalue weighted by molar-refractivity contribution is 5.99. The molecular weight excluding hydrogens is 512 g/mol. The van der Waals surface area contributed by atoms with Crippen molar-refractivity contribution in [1.82, 2.24) is 20.9 Å². The molecule has 10 heteroatoms. The van der Waals surface area contributed by atoms with Crippen LogP contribution in [0.15, 0.2) is 30.3 Å². The summed E-state index contributed by atoms with van der Waals surface area (Å²) in [4.78, 5) is 67.8. The van der Waals surface area contributed by atoms with Crippen LogP contribution in [0.2, 0.25) is 0 Å². The Morgan fingerprint density at radius 3 is 2.35 bits per heavy atom. The number of nitrogens with zero attached hydrogens (tertiary/aromatic N) is 1. The van der Waals surface area contributed by atoms with E-state index in [4.69, 9.17) is 0 Å². The van der Waals surface area contributed by atoms with E-state index in [2.05, 4.69) is 16.0 Å². The molecule has 40 heavy (non-hydrogen) atoms. The van der Waals surface area contributed by atoms with Gasteiger partial charge in [0.05, 0.1) is 0 Å². The van der Waals surface area contributed by atoms with Gasteiger partial charge < -0.3 is 26.0 Å².